The van der Waals surface area contributed by atoms with Gasteiger partial charge in [-0.15, -0.1) is 11.7 Å². The summed E-state index contributed by atoms with van der Waals surface area (Å²) in [5.41, 5.74) is 1.88. The van der Waals surface area contributed by atoms with E-state index in [2.05, 4.69) is 22.1 Å². The van der Waals surface area contributed by atoms with Gasteiger partial charge < -0.3 is 5.11 Å². The fraction of sp³-hybridized carbons (Fsp3) is 0.308. The van der Waals surface area contributed by atoms with Crippen LogP contribution in [-0.4, -0.2) is 37.2 Å². The van der Waals surface area contributed by atoms with Crippen molar-refractivity contribution in [2.75, 3.05) is 5.75 Å². The fourth-order valence-corrected chi connectivity index (χ4v) is 2.45. The maximum Gasteiger partial charge on any atom is 0.214 e. The van der Waals surface area contributed by atoms with Gasteiger partial charge in [0.15, 0.2) is 0 Å². The molecule has 2 aromatic rings. The van der Waals surface area contributed by atoms with Crippen molar-refractivity contribution in [2.24, 2.45) is 0 Å². The molecule has 19 heavy (non-hydrogen) atoms. The summed E-state index contributed by atoms with van der Waals surface area (Å²) in [7, 11) is 0. The number of para-hydroxylation sites is 1. The smallest absolute Gasteiger partial charge is 0.214 e. The van der Waals surface area contributed by atoms with Crippen molar-refractivity contribution in [3.8, 4) is 5.69 Å². The van der Waals surface area contributed by atoms with E-state index in [1.807, 2.05) is 37.3 Å². The SMILES string of the molecule is C=C(C)C[C@H](O)CSc1nnnn1-c1ccccc1. The number of nitrogens with zero attached hydrogens (tertiary/aromatic N) is 4. The topological polar surface area (TPSA) is 63.8 Å². The molecule has 0 spiro atoms. The molecule has 0 fully saturated rings. The van der Waals surface area contributed by atoms with Crippen LogP contribution < -0.4 is 0 Å². The third-order valence-electron chi connectivity index (χ3n) is 2.43. The number of hydrogen-bond acceptors (Lipinski definition) is 5. The summed E-state index contributed by atoms with van der Waals surface area (Å²) in [5, 5.41) is 22.1. The maximum absolute atomic E-state index is 9.82. The van der Waals surface area contributed by atoms with Crippen molar-refractivity contribution in [3.63, 3.8) is 0 Å². The minimum atomic E-state index is -0.427. The molecule has 0 aliphatic heterocycles. The molecule has 2 rings (SSSR count). The van der Waals surface area contributed by atoms with E-state index in [1.54, 1.807) is 4.68 Å². The Hall–Kier alpha value is -1.66. The largest absolute Gasteiger partial charge is 0.392 e. The standard InChI is InChI=1S/C13H16N4OS/c1-10(2)8-12(18)9-19-13-14-15-16-17(13)11-6-4-3-5-7-11/h3-7,12,18H,1,8-9H2,2H3/t12-/m0/s1. The highest BCUT2D eigenvalue weighted by molar-refractivity contribution is 7.99. The molecule has 1 atom stereocenters. The van der Waals surface area contributed by atoms with E-state index in [0.29, 0.717) is 17.3 Å². The zero-order valence-corrected chi connectivity index (χ0v) is 11.5. The van der Waals surface area contributed by atoms with Crippen LogP contribution in [0.3, 0.4) is 0 Å². The van der Waals surface area contributed by atoms with Gasteiger partial charge in [0.25, 0.3) is 0 Å². The number of aliphatic hydroxyl groups excluding tert-OH is 1. The van der Waals surface area contributed by atoms with Crippen LogP contribution in [0.25, 0.3) is 5.69 Å². The molecular weight excluding hydrogens is 260 g/mol. The lowest BCUT2D eigenvalue weighted by atomic mass is 10.2. The maximum atomic E-state index is 9.82. The monoisotopic (exact) mass is 276 g/mol. The molecule has 0 amide bonds. The highest BCUT2D eigenvalue weighted by Gasteiger charge is 2.11. The molecule has 0 aliphatic rings. The molecule has 5 nitrogen and oxygen atoms in total. The number of aromatic nitrogens is 4. The Morgan fingerprint density at radius 3 is 2.84 bits per heavy atom. The van der Waals surface area contributed by atoms with Gasteiger partial charge in [0.05, 0.1) is 11.8 Å². The molecular formula is C13H16N4OS. The number of benzene rings is 1. The van der Waals surface area contributed by atoms with Crippen LogP contribution in [0.1, 0.15) is 13.3 Å². The fourth-order valence-electron chi connectivity index (χ4n) is 1.63. The summed E-state index contributed by atoms with van der Waals surface area (Å²) in [6, 6.07) is 9.68. The first-order valence-electron chi connectivity index (χ1n) is 5.96. The van der Waals surface area contributed by atoms with Crippen LogP contribution in [0.4, 0.5) is 0 Å². The van der Waals surface area contributed by atoms with Crippen molar-refractivity contribution in [2.45, 2.75) is 24.6 Å². The number of hydrogen-bond donors (Lipinski definition) is 1. The zero-order chi connectivity index (χ0) is 13.7. The minimum absolute atomic E-state index is 0.427. The Morgan fingerprint density at radius 1 is 1.42 bits per heavy atom. The van der Waals surface area contributed by atoms with E-state index in [0.717, 1.165) is 11.3 Å². The molecule has 0 saturated carbocycles. The predicted molar refractivity (Wildman–Crippen MR) is 75.3 cm³/mol. The van der Waals surface area contributed by atoms with Gasteiger partial charge in [0.2, 0.25) is 5.16 Å². The summed E-state index contributed by atoms with van der Waals surface area (Å²) in [5.74, 6) is 0.542. The molecule has 0 unspecified atom stereocenters. The number of thioether (sulfide) groups is 1. The predicted octanol–water partition coefficient (Wildman–Crippen LogP) is 2.08. The van der Waals surface area contributed by atoms with Crippen LogP contribution in [-0.2, 0) is 0 Å². The Kier molecular flexibility index (Phi) is 4.70. The summed E-state index contributed by atoms with van der Waals surface area (Å²) < 4.78 is 1.66. The molecule has 1 aromatic carbocycles. The third-order valence-corrected chi connectivity index (χ3v) is 3.49. The molecule has 0 bridgehead atoms. The molecule has 1 N–H and O–H groups in total. The van der Waals surface area contributed by atoms with Gasteiger partial charge in [0.1, 0.15) is 0 Å². The second kappa shape index (κ2) is 6.49. The van der Waals surface area contributed by atoms with Crippen molar-refractivity contribution in [1.82, 2.24) is 20.2 Å². The van der Waals surface area contributed by atoms with Gasteiger partial charge in [-0.25, -0.2) is 0 Å². The summed E-state index contributed by atoms with van der Waals surface area (Å²) in [4.78, 5) is 0. The van der Waals surface area contributed by atoms with Gasteiger partial charge in [0, 0.05) is 5.75 Å². The molecule has 1 aromatic heterocycles. The van der Waals surface area contributed by atoms with Gasteiger partial charge in [-0.3, -0.25) is 0 Å². The van der Waals surface area contributed by atoms with Crippen molar-refractivity contribution in [3.05, 3.63) is 42.5 Å². The number of rotatable bonds is 6. The van der Waals surface area contributed by atoms with E-state index in [9.17, 15) is 5.11 Å². The quantitative estimate of drug-likeness (QED) is 0.646. The average molecular weight is 276 g/mol. The average Bonchev–Trinajstić information content (AvgIpc) is 2.85. The van der Waals surface area contributed by atoms with Gasteiger partial charge in [-0.1, -0.05) is 35.5 Å². The highest BCUT2D eigenvalue weighted by atomic mass is 32.2. The second-order valence-electron chi connectivity index (χ2n) is 4.33. The van der Waals surface area contributed by atoms with E-state index >= 15 is 0 Å². The highest BCUT2D eigenvalue weighted by Crippen LogP contribution is 2.20. The molecule has 0 aliphatic carbocycles. The number of tetrazole rings is 1. The van der Waals surface area contributed by atoms with Crippen molar-refractivity contribution >= 4 is 11.8 Å². The third kappa shape index (κ3) is 3.90. The van der Waals surface area contributed by atoms with Crippen LogP contribution in [0.15, 0.2) is 47.6 Å². The van der Waals surface area contributed by atoms with E-state index in [-0.39, 0.29) is 0 Å². The Balaban J connectivity index is 2.03. The Morgan fingerprint density at radius 2 is 2.16 bits per heavy atom. The lowest BCUT2D eigenvalue weighted by Crippen LogP contribution is -2.11. The summed E-state index contributed by atoms with van der Waals surface area (Å²) in [6.07, 6.45) is 0.170. The molecule has 1 heterocycles. The zero-order valence-electron chi connectivity index (χ0n) is 10.7. The second-order valence-corrected chi connectivity index (χ2v) is 5.32. The lowest BCUT2D eigenvalue weighted by Gasteiger charge is -2.09. The first-order chi connectivity index (χ1) is 9.16. The molecule has 0 radical (unpaired) electrons. The lowest BCUT2D eigenvalue weighted by molar-refractivity contribution is 0.200. The van der Waals surface area contributed by atoms with Crippen LogP contribution in [0.5, 0.6) is 0 Å². The van der Waals surface area contributed by atoms with Crippen molar-refractivity contribution < 1.29 is 5.11 Å². The number of aliphatic hydroxyl groups is 1. The van der Waals surface area contributed by atoms with E-state index in [4.69, 9.17) is 0 Å². The summed E-state index contributed by atoms with van der Waals surface area (Å²) in [6.45, 7) is 5.70. The van der Waals surface area contributed by atoms with E-state index in [1.165, 1.54) is 11.8 Å². The minimum Gasteiger partial charge on any atom is -0.392 e. The molecule has 0 saturated heterocycles. The van der Waals surface area contributed by atoms with Crippen LogP contribution >= 0.6 is 11.8 Å². The molecule has 6 heteroatoms. The van der Waals surface area contributed by atoms with Crippen LogP contribution in [0, 0.1) is 0 Å². The van der Waals surface area contributed by atoms with Crippen molar-refractivity contribution in [1.29, 1.82) is 0 Å². The van der Waals surface area contributed by atoms with Gasteiger partial charge in [-0.05, 0) is 35.9 Å². The summed E-state index contributed by atoms with van der Waals surface area (Å²) >= 11 is 1.43. The first kappa shape index (κ1) is 13.8. The Bertz CT molecular complexity index is 541. The molecule has 100 valence electrons. The van der Waals surface area contributed by atoms with E-state index < -0.39 is 6.10 Å². The van der Waals surface area contributed by atoms with Crippen LogP contribution in [0.2, 0.25) is 0 Å². The normalized spacial score (nSPS) is 12.3. The first-order valence-corrected chi connectivity index (χ1v) is 6.94. The van der Waals surface area contributed by atoms with Gasteiger partial charge in [-0.2, -0.15) is 4.68 Å². The van der Waals surface area contributed by atoms with Gasteiger partial charge >= 0.3 is 0 Å². The Labute approximate surface area is 116 Å².